The minimum atomic E-state index is -0.514. The highest BCUT2D eigenvalue weighted by atomic mass is 79.9. The van der Waals surface area contributed by atoms with Gasteiger partial charge in [-0.15, -0.1) is 0 Å². The summed E-state index contributed by atoms with van der Waals surface area (Å²) in [6, 6.07) is 4.72. The Bertz CT molecular complexity index is 542. The molecule has 0 N–H and O–H groups in total. The zero-order valence-corrected chi connectivity index (χ0v) is 10.3. The van der Waals surface area contributed by atoms with Gasteiger partial charge in [0, 0.05) is 28.1 Å². The summed E-state index contributed by atoms with van der Waals surface area (Å²) in [5, 5.41) is 0. The standard InChI is InChI=1S/C12H8BrFN2O/c13-9-1-2-11(16-6-9)4-12(17)8-3-10(14)7-15-5-8/h1-3,5-7H,4H2. The highest BCUT2D eigenvalue weighted by Crippen LogP contribution is 2.10. The van der Waals surface area contributed by atoms with E-state index in [4.69, 9.17) is 0 Å². The lowest BCUT2D eigenvalue weighted by atomic mass is 10.1. The molecule has 3 nitrogen and oxygen atoms in total. The van der Waals surface area contributed by atoms with E-state index in [1.165, 1.54) is 12.3 Å². The summed E-state index contributed by atoms with van der Waals surface area (Å²) in [5.41, 5.74) is 0.900. The molecule has 86 valence electrons. The third kappa shape index (κ3) is 3.17. The van der Waals surface area contributed by atoms with Gasteiger partial charge in [-0.3, -0.25) is 14.8 Å². The maximum Gasteiger partial charge on any atom is 0.170 e. The Morgan fingerprint density at radius 3 is 2.76 bits per heavy atom. The number of carbonyl (C=O) groups is 1. The van der Waals surface area contributed by atoms with E-state index in [-0.39, 0.29) is 17.8 Å². The van der Waals surface area contributed by atoms with Crippen LogP contribution in [0.3, 0.4) is 0 Å². The van der Waals surface area contributed by atoms with Crippen molar-refractivity contribution in [1.29, 1.82) is 0 Å². The molecule has 2 heterocycles. The fourth-order valence-corrected chi connectivity index (χ4v) is 1.58. The van der Waals surface area contributed by atoms with Gasteiger partial charge in [0.25, 0.3) is 0 Å². The summed E-state index contributed by atoms with van der Waals surface area (Å²) in [7, 11) is 0. The van der Waals surface area contributed by atoms with E-state index < -0.39 is 5.82 Å². The SMILES string of the molecule is O=C(Cc1ccc(Br)cn1)c1cncc(F)c1. The van der Waals surface area contributed by atoms with Crippen LogP contribution in [-0.2, 0) is 6.42 Å². The Kier molecular flexibility index (Phi) is 3.58. The van der Waals surface area contributed by atoms with E-state index >= 15 is 0 Å². The van der Waals surface area contributed by atoms with Crippen molar-refractivity contribution in [1.82, 2.24) is 9.97 Å². The van der Waals surface area contributed by atoms with Crippen LogP contribution in [0, 0.1) is 5.82 Å². The molecule has 0 unspecified atom stereocenters. The molecule has 0 saturated heterocycles. The quantitative estimate of drug-likeness (QED) is 0.818. The second-order valence-corrected chi connectivity index (χ2v) is 4.38. The number of Topliss-reactive ketones (excluding diaryl/α,β-unsaturated/α-hetero) is 1. The second kappa shape index (κ2) is 5.14. The fourth-order valence-electron chi connectivity index (χ4n) is 1.34. The average molecular weight is 295 g/mol. The Hall–Kier alpha value is -1.62. The molecule has 0 radical (unpaired) electrons. The highest BCUT2D eigenvalue weighted by molar-refractivity contribution is 9.10. The van der Waals surface area contributed by atoms with E-state index in [9.17, 15) is 9.18 Å². The van der Waals surface area contributed by atoms with Crippen molar-refractivity contribution in [2.45, 2.75) is 6.42 Å². The van der Waals surface area contributed by atoms with Crippen LogP contribution < -0.4 is 0 Å². The Balaban J connectivity index is 2.14. The summed E-state index contributed by atoms with van der Waals surface area (Å²) in [4.78, 5) is 19.5. The third-order valence-electron chi connectivity index (χ3n) is 2.16. The van der Waals surface area contributed by atoms with Crippen LogP contribution in [0.5, 0.6) is 0 Å². The summed E-state index contributed by atoms with van der Waals surface area (Å²) in [6.45, 7) is 0. The van der Waals surface area contributed by atoms with Gasteiger partial charge in [-0.05, 0) is 34.1 Å². The molecule has 0 spiro atoms. The second-order valence-electron chi connectivity index (χ2n) is 3.46. The molecule has 17 heavy (non-hydrogen) atoms. The smallest absolute Gasteiger partial charge is 0.170 e. The molecule has 0 aromatic carbocycles. The van der Waals surface area contributed by atoms with E-state index in [0.717, 1.165) is 10.7 Å². The first-order chi connectivity index (χ1) is 8.15. The van der Waals surface area contributed by atoms with Crippen LogP contribution >= 0.6 is 15.9 Å². The summed E-state index contributed by atoms with van der Waals surface area (Å²) >= 11 is 3.26. The number of aromatic nitrogens is 2. The van der Waals surface area contributed by atoms with Gasteiger partial charge in [-0.1, -0.05) is 0 Å². The van der Waals surface area contributed by atoms with Crippen molar-refractivity contribution in [2.24, 2.45) is 0 Å². The molecule has 0 fully saturated rings. The van der Waals surface area contributed by atoms with Gasteiger partial charge in [0.2, 0.25) is 0 Å². The molecular formula is C12H8BrFN2O. The first-order valence-electron chi connectivity index (χ1n) is 4.89. The number of ketones is 1. The van der Waals surface area contributed by atoms with Crippen LogP contribution in [0.2, 0.25) is 0 Å². The topological polar surface area (TPSA) is 42.9 Å². The molecule has 2 aromatic rings. The molecule has 2 rings (SSSR count). The largest absolute Gasteiger partial charge is 0.294 e. The van der Waals surface area contributed by atoms with E-state index in [0.29, 0.717) is 5.69 Å². The molecular weight excluding hydrogens is 287 g/mol. The van der Waals surface area contributed by atoms with Crippen molar-refractivity contribution in [3.05, 3.63) is 58.3 Å². The third-order valence-corrected chi connectivity index (χ3v) is 2.63. The van der Waals surface area contributed by atoms with Crippen molar-refractivity contribution >= 4 is 21.7 Å². The minimum Gasteiger partial charge on any atom is -0.294 e. The number of nitrogens with zero attached hydrogens (tertiary/aromatic N) is 2. The zero-order valence-electron chi connectivity index (χ0n) is 8.73. The highest BCUT2D eigenvalue weighted by Gasteiger charge is 2.09. The Morgan fingerprint density at radius 1 is 1.29 bits per heavy atom. The predicted molar refractivity (Wildman–Crippen MR) is 64.2 cm³/mol. The molecule has 0 atom stereocenters. The lowest BCUT2D eigenvalue weighted by Crippen LogP contribution is -2.05. The van der Waals surface area contributed by atoms with Crippen molar-refractivity contribution in [3.8, 4) is 0 Å². The Labute approximate surface area is 106 Å². The summed E-state index contributed by atoms with van der Waals surface area (Å²) in [5.74, 6) is -0.716. The van der Waals surface area contributed by atoms with E-state index in [1.54, 1.807) is 18.3 Å². The summed E-state index contributed by atoms with van der Waals surface area (Å²) in [6.07, 6.45) is 4.17. The van der Waals surface area contributed by atoms with Crippen molar-refractivity contribution in [3.63, 3.8) is 0 Å². The van der Waals surface area contributed by atoms with Crippen LogP contribution in [0.15, 0.2) is 41.3 Å². The van der Waals surface area contributed by atoms with E-state index in [2.05, 4.69) is 25.9 Å². The molecule has 0 aliphatic heterocycles. The first-order valence-corrected chi connectivity index (χ1v) is 5.68. The van der Waals surface area contributed by atoms with E-state index in [1.807, 2.05) is 0 Å². The molecule has 0 aliphatic rings. The van der Waals surface area contributed by atoms with Gasteiger partial charge >= 0.3 is 0 Å². The number of rotatable bonds is 3. The minimum absolute atomic E-state index is 0.137. The predicted octanol–water partition coefficient (Wildman–Crippen LogP) is 2.80. The van der Waals surface area contributed by atoms with Gasteiger partial charge < -0.3 is 0 Å². The van der Waals surface area contributed by atoms with Crippen LogP contribution in [0.4, 0.5) is 4.39 Å². The maximum absolute atomic E-state index is 12.9. The number of carbonyl (C=O) groups excluding carboxylic acids is 1. The average Bonchev–Trinajstić information content (AvgIpc) is 2.32. The van der Waals surface area contributed by atoms with Crippen LogP contribution in [0.25, 0.3) is 0 Å². The van der Waals surface area contributed by atoms with Crippen LogP contribution in [-0.4, -0.2) is 15.8 Å². The van der Waals surface area contributed by atoms with Gasteiger partial charge in [0.15, 0.2) is 5.78 Å². The molecule has 0 amide bonds. The number of hydrogen-bond donors (Lipinski definition) is 0. The van der Waals surface area contributed by atoms with Gasteiger partial charge in [-0.2, -0.15) is 0 Å². The number of hydrogen-bond acceptors (Lipinski definition) is 3. The monoisotopic (exact) mass is 294 g/mol. The van der Waals surface area contributed by atoms with Crippen molar-refractivity contribution < 1.29 is 9.18 Å². The first kappa shape index (κ1) is 11.9. The maximum atomic E-state index is 12.9. The van der Waals surface area contributed by atoms with Gasteiger partial charge in [-0.25, -0.2) is 4.39 Å². The van der Waals surface area contributed by atoms with Crippen molar-refractivity contribution in [2.75, 3.05) is 0 Å². The van der Waals surface area contributed by atoms with Gasteiger partial charge in [0.1, 0.15) is 5.82 Å². The molecule has 0 bridgehead atoms. The number of halogens is 2. The zero-order chi connectivity index (χ0) is 12.3. The molecule has 5 heteroatoms. The molecule has 0 aliphatic carbocycles. The lowest BCUT2D eigenvalue weighted by molar-refractivity contribution is 0.0991. The molecule has 2 aromatic heterocycles. The normalized spacial score (nSPS) is 10.2. The van der Waals surface area contributed by atoms with Crippen LogP contribution in [0.1, 0.15) is 16.1 Å². The molecule has 0 saturated carbocycles. The lowest BCUT2D eigenvalue weighted by Gasteiger charge is -2.00. The Morgan fingerprint density at radius 2 is 2.12 bits per heavy atom. The van der Waals surface area contributed by atoms with Gasteiger partial charge in [0.05, 0.1) is 12.6 Å². The fraction of sp³-hybridized carbons (Fsp3) is 0.0833. The number of pyridine rings is 2. The summed E-state index contributed by atoms with van der Waals surface area (Å²) < 4.78 is 13.7.